The number of ketones is 1. The highest BCUT2D eigenvalue weighted by Gasteiger charge is 2.49. The average Bonchev–Trinajstić information content (AvgIpc) is 3.60. The van der Waals surface area contributed by atoms with E-state index in [1.165, 1.54) is 25.0 Å². The lowest BCUT2D eigenvalue weighted by Gasteiger charge is -2.29. The molecule has 6 rings (SSSR count). The number of carbonyl (C=O) groups is 2. The number of nitrogens with zero attached hydrogens (tertiary/aromatic N) is 1. The van der Waals surface area contributed by atoms with Gasteiger partial charge in [0.05, 0.1) is 24.3 Å². The van der Waals surface area contributed by atoms with Crippen LogP contribution in [0.2, 0.25) is 0 Å². The molecule has 2 saturated heterocycles. The molecule has 3 atom stereocenters. The van der Waals surface area contributed by atoms with Crippen LogP contribution in [-0.4, -0.2) is 29.7 Å². The van der Waals surface area contributed by atoms with Crippen molar-refractivity contribution in [1.82, 2.24) is 4.90 Å². The second kappa shape index (κ2) is 12.1. The van der Waals surface area contributed by atoms with Gasteiger partial charge in [-0.2, -0.15) is 26.3 Å². The van der Waals surface area contributed by atoms with Gasteiger partial charge in [-0.3, -0.25) is 9.59 Å². The molecule has 0 N–H and O–H groups in total. The van der Waals surface area contributed by atoms with Gasteiger partial charge >= 0.3 is 12.4 Å². The number of hydrogen-bond acceptors (Lipinski definition) is 3. The summed E-state index contributed by atoms with van der Waals surface area (Å²) < 4.78 is 103. The maximum absolute atomic E-state index is 14.4. The molecule has 0 aliphatic carbocycles. The van der Waals surface area contributed by atoms with E-state index in [0.717, 1.165) is 41.0 Å². The second-order valence-corrected chi connectivity index (χ2v) is 12.3. The molecule has 4 aromatic rings. The van der Waals surface area contributed by atoms with E-state index in [-0.39, 0.29) is 29.8 Å². The molecule has 0 aromatic heterocycles. The molecule has 48 heavy (non-hydrogen) atoms. The quantitative estimate of drug-likeness (QED) is 0.152. The maximum atomic E-state index is 14.4. The van der Waals surface area contributed by atoms with E-state index < -0.39 is 53.2 Å². The van der Waals surface area contributed by atoms with E-state index in [4.69, 9.17) is 4.74 Å². The van der Waals surface area contributed by atoms with Gasteiger partial charge < -0.3 is 9.64 Å². The van der Waals surface area contributed by atoms with Crippen LogP contribution in [0.15, 0.2) is 72.8 Å². The van der Waals surface area contributed by atoms with Gasteiger partial charge in [0.1, 0.15) is 11.6 Å². The zero-order valence-electron chi connectivity index (χ0n) is 26.1. The summed E-state index contributed by atoms with van der Waals surface area (Å²) in [6, 6.07) is 14.6. The topological polar surface area (TPSA) is 46.6 Å². The minimum atomic E-state index is -4.80. The van der Waals surface area contributed by atoms with E-state index in [1.54, 1.807) is 36.4 Å². The molecular formula is C37H30F7NO3. The van der Waals surface area contributed by atoms with E-state index in [0.29, 0.717) is 34.9 Å². The Morgan fingerprint density at radius 1 is 0.812 bits per heavy atom. The first-order chi connectivity index (χ1) is 22.6. The average molecular weight is 670 g/mol. The number of halogens is 7. The molecule has 0 unspecified atom stereocenters. The maximum Gasteiger partial charge on any atom is 0.416 e. The summed E-state index contributed by atoms with van der Waals surface area (Å²) in [6.45, 7) is 3.31. The largest absolute Gasteiger partial charge is 0.496 e. The van der Waals surface area contributed by atoms with E-state index in [2.05, 4.69) is 0 Å². The summed E-state index contributed by atoms with van der Waals surface area (Å²) in [7, 11) is 1.43. The monoisotopic (exact) mass is 669 g/mol. The predicted octanol–water partition coefficient (Wildman–Crippen LogP) is 9.94. The lowest BCUT2D eigenvalue weighted by atomic mass is 9.87. The Bertz CT molecular complexity index is 1930. The van der Waals surface area contributed by atoms with Gasteiger partial charge in [0.15, 0.2) is 5.78 Å². The van der Waals surface area contributed by atoms with Gasteiger partial charge in [-0.25, -0.2) is 4.39 Å². The smallest absolute Gasteiger partial charge is 0.416 e. The second-order valence-electron chi connectivity index (χ2n) is 12.3. The summed E-state index contributed by atoms with van der Waals surface area (Å²) >= 11 is 0. The minimum absolute atomic E-state index is 0.0219. The molecule has 0 bridgehead atoms. The van der Waals surface area contributed by atoms with E-state index in [9.17, 15) is 40.3 Å². The van der Waals surface area contributed by atoms with Crippen molar-refractivity contribution in [3.63, 3.8) is 0 Å². The van der Waals surface area contributed by atoms with Gasteiger partial charge in [0.25, 0.3) is 0 Å². The molecule has 2 aliphatic heterocycles. The van der Waals surface area contributed by atoms with Crippen LogP contribution in [0.4, 0.5) is 30.7 Å². The zero-order valence-corrected chi connectivity index (χ0v) is 26.1. The molecule has 0 radical (unpaired) electrons. The molecule has 2 heterocycles. The van der Waals surface area contributed by atoms with Crippen LogP contribution >= 0.6 is 0 Å². The fourth-order valence-corrected chi connectivity index (χ4v) is 7.21. The fourth-order valence-electron chi connectivity index (χ4n) is 7.21. The molecule has 2 fully saturated rings. The van der Waals surface area contributed by atoms with E-state index in [1.807, 2.05) is 6.92 Å². The van der Waals surface area contributed by atoms with Crippen LogP contribution in [0.5, 0.6) is 5.75 Å². The predicted molar refractivity (Wildman–Crippen MR) is 165 cm³/mol. The van der Waals surface area contributed by atoms with Crippen molar-refractivity contribution in [2.24, 2.45) is 0 Å². The first-order valence-corrected chi connectivity index (χ1v) is 15.3. The molecule has 2 aliphatic rings. The number of methoxy groups -OCH3 is 1. The first-order valence-electron chi connectivity index (χ1n) is 15.3. The van der Waals surface area contributed by atoms with Crippen LogP contribution in [0.25, 0.3) is 22.3 Å². The van der Waals surface area contributed by atoms with E-state index >= 15 is 0 Å². The van der Waals surface area contributed by atoms with Crippen molar-refractivity contribution < 1.29 is 45.1 Å². The van der Waals surface area contributed by atoms with Crippen molar-refractivity contribution in [2.45, 2.75) is 63.5 Å². The van der Waals surface area contributed by atoms with Crippen LogP contribution in [0.1, 0.15) is 76.3 Å². The molecule has 4 nitrogen and oxygen atoms in total. The van der Waals surface area contributed by atoms with Gasteiger partial charge in [0, 0.05) is 29.5 Å². The zero-order chi connectivity index (χ0) is 34.7. The summed E-state index contributed by atoms with van der Waals surface area (Å²) in [4.78, 5) is 26.9. The number of Topliss-reactive ketones (excluding diaryl/α,β-unsaturated/α-hetero) is 1. The SMILES string of the molecule is COc1ccc(-c2ccc(C(C)=O)cc2C)cc1-c1ccc(C(F)(F)F)cc1[C@@H]1CC[C@H]2[C@@H](c3cc(F)cc(C(F)(F)F)c3)CC(=O)N12. The number of fused-ring (bicyclic) bond motifs is 1. The molecule has 1 amide bonds. The van der Waals surface area contributed by atoms with Gasteiger partial charge in [-0.1, -0.05) is 24.3 Å². The standard InChI is InChI=1S/C37H30F7NO3/c1-19-12-21(20(2)46)4-7-27(19)22-5-11-34(48-3)31(15-22)28-8-6-24(36(39,40)41)17-30(28)33-10-9-32-29(18-35(47)45(32)33)23-13-25(37(42,43)44)16-26(38)14-23/h4-8,11-17,29,32-33H,9-10,18H2,1-3H3/t29-,32+,33+/m1/s1. The lowest BCUT2D eigenvalue weighted by Crippen LogP contribution is -2.31. The highest BCUT2D eigenvalue weighted by atomic mass is 19.4. The normalized spacial score (nSPS) is 19.5. The Morgan fingerprint density at radius 3 is 2.17 bits per heavy atom. The Labute approximate surface area is 272 Å². The minimum Gasteiger partial charge on any atom is -0.496 e. The molecule has 0 saturated carbocycles. The number of benzene rings is 4. The van der Waals surface area contributed by atoms with Crippen LogP contribution in [0, 0.1) is 12.7 Å². The van der Waals surface area contributed by atoms with Gasteiger partial charge in [-0.05, 0) is 109 Å². The molecule has 11 heteroatoms. The van der Waals surface area contributed by atoms with Crippen LogP contribution in [0.3, 0.4) is 0 Å². The molecule has 250 valence electrons. The highest BCUT2D eigenvalue weighted by Crippen LogP contribution is 2.52. The number of alkyl halides is 6. The number of carbonyl (C=O) groups excluding carboxylic acids is 2. The van der Waals surface area contributed by atoms with Crippen molar-refractivity contribution in [3.8, 4) is 28.0 Å². The van der Waals surface area contributed by atoms with Gasteiger partial charge in [0.2, 0.25) is 5.91 Å². The number of rotatable bonds is 6. The summed E-state index contributed by atoms with van der Waals surface area (Å²) in [5.74, 6) is -2.01. The van der Waals surface area contributed by atoms with Crippen LogP contribution in [-0.2, 0) is 17.1 Å². The molecule has 0 spiro atoms. The lowest BCUT2D eigenvalue weighted by molar-refractivity contribution is -0.138. The number of amides is 1. The third-order valence-corrected chi connectivity index (χ3v) is 9.42. The highest BCUT2D eigenvalue weighted by molar-refractivity contribution is 5.95. The van der Waals surface area contributed by atoms with Crippen molar-refractivity contribution in [3.05, 3.63) is 112 Å². The van der Waals surface area contributed by atoms with Crippen LogP contribution < -0.4 is 4.74 Å². The number of hydrogen-bond donors (Lipinski definition) is 0. The Balaban J connectivity index is 1.46. The Hall–Kier alpha value is -4.67. The number of aryl methyl sites for hydroxylation is 1. The summed E-state index contributed by atoms with van der Waals surface area (Å²) in [5, 5.41) is 0. The van der Waals surface area contributed by atoms with Gasteiger partial charge in [-0.15, -0.1) is 0 Å². The van der Waals surface area contributed by atoms with Crippen molar-refractivity contribution in [1.29, 1.82) is 0 Å². The molecular weight excluding hydrogens is 639 g/mol. The number of ether oxygens (including phenoxy) is 1. The fraction of sp³-hybridized carbons (Fsp3) is 0.297. The third-order valence-electron chi connectivity index (χ3n) is 9.42. The Kier molecular flexibility index (Phi) is 8.37. The Morgan fingerprint density at radius 2 is 1.52 bits per heavy atom. The summed E-state index contributed by atoms with van der Waals surface area (Å²) in [5.41, 5.74) is 1.88. The first kappa shape index (κ1) is 33.2. The summed E-state index contributed by atoms with van der Waals surface area (Å²) in [6.07, 6.45) is -9.15. The van der Waals surface area contributed by atoms with Crippen molar-refractivity contribution >= 4 is 11.7 Å². The third kappa shape index (κ3) is 6.06. The molecule has 4 aromatic carbocycles. The van der Waals surface area contributed by atoms with Crippen molar-refractivity contribution in [2.75, 3.05) is 7.11 Å².